The Morgan fingerprint density at radius 3 is 2.81 bits per heavy atom. The molecule has 3 N–H and O–H groups in total. The molecule has 3 heterocycles. The highest BCUT2D eigenvalue weighted by Gasteiger charge is 2.32. The number of benzene rings is 1. The van der Waals surface area contributed by atoms with Gasteiger partial charge in [-0.2, -0.15) is 0 Å². The van der Waals surface area contributed by atoms with Gasteiger partial charge in [-0.05, 0) is 24.3 Å². The molecule has 0 unspecified atom stereocenters. The zero-order valence-corrected chi connectivity index (χ0v) is 18.9. The van der Waals surface area contributed by atoms with Gasteiger partial charge in [-0.15, -0.1) is 0 Å². The molecule has 0 atom stereocenters. The lowest BCUT2D eigenvalue weighted by atomic mass is 10.3. The molecule has 32 heavy (non-hydrogen) atoms. The molecule has 9 nitrogen and oxygen atoms in total. The third-order valence-corrected chi connectivity index (χ3v) is 6.55. The van der Waals surface area contributed by atoms with Crippen molar-refractivity contribution in [3.8, 4) is 0 Å². The zero-order valence-electron chi connectivity index (χ0n) is 16.5. The normalized spacial score (nSPS) is 15.0. The number of amides is 3. The summed E-state index contributed by atoms with van der Waals surface area (Å²) in [5, 5.41) is 0.615. The second kappa shape index (κ2) is 10.0. The minimum Gasteiger partial charge on any atom is -0.465 e. The van der Waals surface area contributed by atoms with Crippen molar-refractivity contribution in [2.45, 2.75) is 11.6 Å². The molecule has 1 fully saturated rings. The van der Waals surface area contributed by atoms with Crippen molar-refractivity contribution in [3.05, 3.63) is 53.3 Å². The van der Waals surface area contributed by atoms with Crippen LogP contribution in [0.3, 0.4) is 0 Å². The maximum absolute atomic E-state index is 12.5. The minimum absolute atomic E-state index is 0.0164. The largest absolute Gasteiger partial charge is 0.465 e. The van der Waals surface area contributed by atoms with Crippen LogP contribution in [0.1, 0.15) is 12.2 Å². The van der Waals surface area contributed by atoms with Gasteiger partial charge in [0.15, 0.2) is 5.16 Å². The van der Waals surface area contributed by atoms with Crippen molar-refractivity contribution in [2.75, 3.05) is 12.3 Å². The van der Waals surface area contributed by atoms with Crippen LogP contribution in [-0.2, 0) is 14.4 Å². The van der Waals surface area contributed by atoms with Crippen LogP contribution in [0.15, 0.2) is 57.1 Å². The van der Waals surface area contributed by atoms with E-state index in [-0.39, 0.29) is 30.5 Å². The summed E-state index contributed by atoms with van der Waals surface area (Å²) in [6.07, 6.45) is 3.11. The molecule has 3 amide bonds. The molecule has 164 valence electrons. The Morgan fingerprint density at radius 1 is 1.22 bits per heavy atom. The number of hydrogen-bond donors (Lipinski definition) is 3. The van der Waals surface area contributed by atoms with Gasteiger partial charge in [-0.3, -0.25) is 30.1 Å². The molecular weight excluding hydrogens is 470 g/mol. The number of carbonyl (C=O) groups is 3. The highest BCUT2D eigenvalue weighted by molar-refractivity contribution is 8.26. The molecule has 0 spiro atoms. The molecule has 3 aromatic rings. The van der Waals surface area contributed by atoms with E-state index < -0.39 is 5.91 Å². The smallest absolute Gasteiger partial charge is 0.266 e. The monoisotopic (exact) mass is 487 g/mol. The number of thiocarbonyl (C=S) groups is 1. The van der Waals surface area contributed by atoms with Gasteiger partial charge < -0.3 is 9.40 Å². The minimum atomic E-state index is -0.434. The van der Waals surface area contributed by atoms with Gasteiger partial charge in [0.1, 0.15) is 10.1 Å². The second-order valence-electron chi connectivity index (χ2n) is 6.54. The number of nitrogens with one attached hydrogen (secondary N) is 3. The number of rotatable bonds is 7. The summed E-state index contributed by atoms with van der Waals surface area (Å²) in [6, 6.07) is 11.0. The quantitative estimate of drug-likeness (QED) is 0.201. The first-order chi connectivity index (χ1) is 15.5. The van der Waals surface area contributed by atoms with E-state index in [1.807, 2.05) is 24.3 Å². The zero-order chi connectivity index (χ0) is 22.5. The van der Waals surface area contributed by atoms with Crippen LogP contribution in [0.2, 0.25) is 0 Å². The number of aromatic nitrogens is 2. The lowest BCUT2D eigenvalue weighted by Crippen LogP contribution is -2.44. The SMILES string of the molecule is O=C(CCN1C(=O)/C(=C\c2ccco2)SC1=S)NNC(=O)CSc1nc2ccccc2[nH]1. The highest BCUT2D eigenvalue weighted by Crippen LogP contribution is 2.32. The molecule has 1 saturated heterocycles. The van der Waals surface area contributed by atoms with Crippen LogP contribution in [0.4, 0.5) is 0 Å². The molecule has 0 bridgehead atoms. The van der Waals surface area contributed by atoms with Gasteiger partial charge >= 0.3 is 0 Å². The summed E-state index contributed by atoms with van der Waals surface area (Å²) in [5.41, 5.74) is 6.41. The Kier molecular flexibility index (Phi) is 6.93. The molecule has 1 aromatic carbocycles. The molecule has 0 saturated carbocycles. The highest BCUT2D eigenvalue weighted by atomic mass is 32.2. The van der Waals surface area contributed by atoms with E-state index in [0.717, 1.165) is 22.8 Å². The van der Waals surface area contributed by atoms with Crippen LogP contribution in [0, 0.1) is 0 Å². The third kappa shape index (κ3) is 5.39. The van der Waals surface area contributed by atoms with Gasteiger partial charge in [0.05, 0.1) is 28.0 Å². The Labute approximate surface area is 196 Å². The number of H-pyrrole nitrogens is 1. The molecule has 4 rings (SSSR count). The van der Waals surface area contributed by atoms with Gasteiger partial charge in [0.2, 0.25) is 11.8 Å². The van der Waals surface area contributed by atoms with Crippen LogP contribution >= 0.6 is 35.7 Å². The lowest BCUT2D eigenvalue weighted by Gasteiger charge is -2.14. The van der Waals surface area contributed by atoms with E-state index in [2.05, 4.69) is 20.8 Å². The number of para-hydroxylation sites is 2. The summed E-state index contributed by atoms with van der Waals surface area (Å²) in [5.74, 6) is -0.472. The molecule has 1 aliphatic heterocycles. The van der Waals surface area contributed by atoms with E-state index in [0.29, 0.717) is 20.1 Å². The molecule has 0 aliphatic carbocycles. The Morgan fingerprint density at radius 2 is 2.03 bits per heavy atom. The number of aromatic amines is 1. The van der Waals surface area contributed by atoms with Crippen molar-refractivity contribution in [1.29, 1.82) is 0 Å². The standard InChI is InChI=1S/C20H17N5O4S3/c26-16(7-8-25-18(28)15(32-20(25)30)10-12-4-3-9-29-12)23-24-17(27)11-31-19-21-13-5-1-2-6-14(13)22-19/h1-6,9-10H,7-8,11H2,(H,21,22)(H,23,26)(H,24,27)/b15-10+. The number of hydrazine groups is 1. The fourth-order valence-corrected chi connectivity index (χ4v) is 4.75. The summed E-state index contributed by atoms with van der Waals surface area (Å²) >= 11 is 7.61. The lowest BCUT2D eigenvalue weighted by molar-refractivity contribution is -0.128. The summed E-state index contributed by atoms with van der Waals surface area (Å²) in [6.45, 7) is 0.107. The van der Waals surface area contributed by atoms with E-state index in [1.165, 1.54) is 22.9 Å². The second-order valence-corrected chi connectivity index (χ2v) is 9.18. The fraction of sp³-hybridized carbons (Fsp3) is 0.150. The maximum atomic E-state index is 12.5. The predicted octanol–water partition coefficient (Wildman–Crippen LogP) is 2.69. The number of hydrogen-bond acceptors (Lipinski definition) is 8. The van der Waals surface area contributed by atoms with Crippen molar-refractivity contribution in [1.82, 2.24) is 25.7 Å². The summed E-state index contributed by atoms with van der Waals surface area (Å²) in [7, 11) is 0. The van der Waals surface area contributed by atoms with Gasteiger partial charge in [-0.25, -0.2) is 4.98 Å². The first kappa shape index (κ1) is 22.1. The van der Waals surface area contributed by atoms with Crippen molar-refractivity contribution >= 4 is 74.9 Å². The van der Waals surface area contributed by atoms with Crippen LogP contribution < -0.4 is 10.9 Å². The first-order valence-corrected chi connectivity index (χ1v) is 11.6. The first-order valence-electron chi connectivity index (χ1n) is 9.44. The third-order valence-electron chi connectivity index (χ3n) is 4.30. The van der Waals surface area contributed by atoms with E-state index in [1.54, 1.807) is 18.2 Å². The summed E-state index contributed by atoms with van der Waals surface area (Å²) < 4.78 is 5.58. The molecular formula is C20H17N5O4S3. The average Bonchev–Trinajstić information content (AvgIpc) is 3.50. The number of carbonyl (C=O) groups excluding carboxylic acids is 3. The molecule has 2 aromatic heterocycles. The van der Waals surface area contributed by atoms with Crippen molar-refractivity contribution in [2.24, 2.45) is 0 Å². The topological polar surface area (TPSA) is 120 Å². The average molecular weight is 488 g/mol. The van der Waals surface area contributed by atoms with Crippen LogP contribution in [-0.4, -0.2) is 49.2 Å². The van der Waals surface area contributed by atoms with E-state index >= 15 is 0 Å². The molecule has 12 heteroatoms. The predicted molar refractivity (Wildman–Crippen MR) is 126 cm³/mol. The Hall–Kier alpha value is -3.09. The van der Waals surface area contributed by atoms with Crippen molar-refractivity contribution in [3.63, 3.8) is 0 Å². The number of imidazole rings is 1. The van der Waals surface area contributed by atoms with Gasteiger partial charge in [-0.1, -0.05) is 47.9 Å². The molecule has 1 aliphatic rings. The van der Waals surface area contributed by atoms with Gasteiger partial charge in [0, 0.05) is 19.0 Å². The van der Waals surface area contributed by atoms with E-state index in [9.17, 15) is 14.4 Å². The molecule has 0 radical (unpaired) electrons. The van der Waals surface area contributed by atoms with E-state index in [4.69, 9.17) is 16.6 Å². The number of furan rings is 1. The van der Waals surface area contributed by atoms with Crippen molar-refractivity contribution < 1.29 is 18.8 Å². The Bertz CT molecular complexity index is 1170. The number of fused-ring (bicyclic) bond motifs is 1. The van der Waals surface area contributed by atoms with Gasteiger partial charge in [0.25, 0.3) is 5.91 Å². The number of thioether (sulfide) groups is 2. The fourth-order valence-electron chi connectivity index (χ4n) is 2.78. The van der Waals surface area contributed by atoms with Crippen LogP contribution in [0.5, 0.6) is 0 Å². The Balaban J connectivity index is 1.19. The summed E-state index contributed by atoms with van der Waals surface area (Å²) in [4.78, 5) is 45.9. The van der Waals surface area contributed by atoms with Crippen LogP contribution in [0.25, 0.3) is 17.1 Å². The number of nitrogens with zero attached hydrogens (tertiary/aromatic N) is 2. The maximum Gasteiger partial charge on any atom is 0.266 e.